The van der Waals surface area contributed by atoms with E-state index in [1.165, 1.54) is 0 Å². The third kappa shape index (κ3) is 2.28. The van der Waals surface area contributed by atoms with Crippen molar-refractivity contribution in [3.8, 4) is 0 Å². The molecule has 0 amide bonds. The van der Waals surface area contributed by atoms with E-state index in [1.54, 1.807) is 6.20 Å². The van der Waals surface area contributed by atoms with Crippen molar-refractivity contribution in [2.75, 3.05) is 5.32 Å². The first-order valence-electron chi connectivity index (χ1n) is 4.70. The second-order valence-corrected chi connectivity index (χ2v) is 3.66. The van der Waals surface area contributed by atoms with Crippen LogP contribution >= 0.6 is 11.6 Å². The maximum Gasteiger partial charge on any atom is 0.149 e. The van der Waals surface area contributed by atoms with Gasteiger partial charge in [-0.15, -0.1) is 0 Å². The van der Waals surface area contributed by atoms with Gasteiger partial charge in [-0.3, -0.25) is 0 Å². The zero-order chi connectivity index (χ0) is 10.7. The molecule has 2 nitrogen and oxygen atoms in total. The zero-order valence-corrected chi connectivity index (χ0v) is 9.12. The molecule has 2 rings (SSSR count). The van der Waals surface area contributed by atoms with Gasteiger partial charge in [-0.1, -0.05) is 29.8 Å². The van der Waals surface area contributed by atoms with Crippen molar-refractivity contribution >= 4 is 23.1 Å². The fraction of sp³-hybridized carbons (Fsp3) is 0.0833. The minimum atomic E-state index is 0.668. The number of nitrogens with zero attached hydrogens (tertiary/aromatic N) is 1. The lowest BCUT2D eigenvalue weighted by atomic mass is 10.3. The Kier molecular flexibility index (Phi) is 2.88. The van der Waals surface area contributed by atoms with Gasteiger partial charge in [-0.2, -0.15) is 0 Å². The quantitative estimate of drug-likeness (QED) is 0.830. The van der Waals surface area contributed by atoms with Gasteiger partial charge in [0.1, 0.15) is 5.82 Å². The standard InChI is InChI=1S/C12H11ClN2/c1-9-7-8-14-12(11(9)13)15-10-5-3-2-4-6-10/h2-8H,1H3,(H,14,15). The Labute approximate surface area is 93.9 Å². The molecule has 0 unspecified atom stereocenters. The van der Waals surface area contributed by atoms with Crippen LogP contribution in [0.2, 0.25) is 5.02 Å². The normalized spacial score (nSPS) is 10.0. The molecule has 1 heterocycles. The van der Waals surface area contributed by atoms with E-state index in [4.69, 9.17) is 11.6 Å². The van der Waals surface area contributed by atoms with Gasteiger partial charge in [0.2, 0.25) is 0 Å². The number of anilines is 2. The van der Waals surface area contributed by atoms with Gasteiger partial charge in [0.05, 0.1) is 5.02 Å². The van der Waals surface area contributed by atoms with Gasteiger partial charge < -0.3 is 5.32 Å². The van der Waals surface area contributed by atoms with Crippen molar-refractivity contribution in [1.29, 1.82) is 0 Å². The Morgan fingerprint density at radius 2 is 1.87 bits per heavy atom. The van der Waals surface area contributed by atoms with Crippen molar-refractivity contribution in [2.45, 2.75) is 6.92 Å². The second-order valence-electron chi connectivity index (χ2n) is 3.28. The van der Waals surface area contributed by atoms with Crippen LogP contribution in [0.3, 0.4) is 0 Å². The summed E-state index contributed by atoms with van der Waals surface area (Å²) in [5.41, 5.74) is 2.00. The van der Waals surface area contributed by atoms with E-state index in [0.717, 1.165) is 11.3 Å². The molecule has 0 saturated heterocycles. The Hall–Kier alpha value is -1.54. The molecule has 0 aliphatic heterocycles. The van der Waals surface area contributed by atoms with Gasteiger partial charge in [0.25, 0.3) is 0 Å². The number of hydrogen-bond donors (Lipinski definition) is 1. The summed E-state index contributed by atoms with van der Waals surface area (Å²) in [6, 6.07) is 11.7. The number of pyridine rings is 1. The average molecular weight is 219 g/mol. The lowest BCUT2D eigenvalue weighted by Gasteiger charge is -2.08. The summed E-state index contributed by atoms with van der Waals surface area (Å²) in [7, 11) is 0. The zero-order valence-electron chi connectivity index (χ0n) is 8.37. The number of nitrogens with one attached hydrogen (secondary N) is 1. The first kappa shape index (κ1) is 9.99. The summed E-state index contributed by atoms with van der Waals surface area (Å²) in [4.78, 5) is 4.19. The van der Waals surface area contributed by atoms with Crippen molar-refractivity contribution in [3.63, 3.8) is 0 Å². The second kappa shape index (κ2) is 4.32. The van der Waals surface area contributed by atoms with E-state index in [9.17, 15) is 0 Å². The van der Waals surface area contributed by atoms with E-state index in [1.807, 2.05) is 43.3 Å². The molecule has 3 heteroatoms. The molecule has 0 bridgehead atoms. The lowest BCUT2D eigenvalue weighted by Crippen LogP contribution is -1.94. The summed E-state index contributed by atoms with van der Waals surface area (Å²) in [5, 5.41) is 3.84. The van der Waals surface area contributed by atoms with E-state index in [2.05, 4.69) is 10.3 Å². The van der Waals surface area contributed by atoms with E-state index in [-0.39, 0.29) is 0 Å². The Bertz CT molecular complexity index is 454. The Morgan fingerprint density at radius 1 is 1.13 bits per heavy atom. The molecule has 0 radical (unpaired) electrons. The monoisotopic (exact) mass is 218 g/mol. The number of aromatic nitrogens is 1. The van der Waals surface area contributed by atoms with Crippen LogP contribution in [0.4, 0.5) is 11.5 Å². The van der Waals surface area contributed by atoms with Crippen LogP contribution in [0.25, 0.3) is 0 Å². The van der Waals surface area contributed by atoms with Crippen LogP contribution in [0.1, 0.15) is 5.56 Å². The molecule has 0 atom stereocenters. The highest BCUT2D eigenvalue weighted by molar-refractivity contribution is 6.33. The van der Waals surface area contributed by atoms with Crippen LogP contribution in [-0.2, 0) is 0 Å². The highest BCUT2D eigenvalue weighted by Crippen LogP contribution is 2.25. The van der Waals surface area contributed by atoms with Crippen LogP contribution < -0.4 is 5.32 Å². The van der Waals surface area contributed by atoms with Gasteiger partial charge in [-0.05, 0) is 30.7 Å². The predicted molar refractivity (Wildman–Crippen MR) is 63.7 cm³/mol. The number of halogens is 1. The number of benzene rings is 1. The van der Waals surface area contributed by atoms with Gasteiger partial charge in [0, 0.05) is 11.9 Å². The molecule has 2 aromatic rings. The minimum Gasteiger partial charge on any atom is -0.339 e. The molecule has 15 heavy (non-hydrogen) atoms. The molecule has 0 spiro atoms. The number of aryl methyl sites for hydroxylation is 1. The van der Waals surface area contributed by atoms with Crippen molar-refractivity contribution in [2.24, 2.45) is 0 Å². The van der Waals surface area contributed by atoms with Gasteiger partial charge in [-0.25, -0.2) is 4.98 Å². The molecule has 76 valence electrons. The van der Waals surface area contributed by atoms with Crippen molar-refractivity contribution in [1.82, 2.24) is 4.98 Å². The minimum absolute atomic E-state index is 0.668. The molecule has 1 N–H and O–H groups in total. The lowest BCUT2D eigenvalue weighted by molar-refractivity contribution is 1.27. The maximum atomic E-state index is 6.12. The smallest absolute Gasteiger partial charge is 0.149 e. The van der Waals surface area contributed by atoms with E-state index >= 15 is 0 Å². The van der Waals surface area contributed by atoms with Crippen LogP contribution in [0.5, 0.6) is 0 Å². The highest BCUT2D eigenvalue weighted by Gasteiger charge is 2.03. The summed E-state index contributed by atoms with van der Waals surface area (Å²) >= 11 is 6.12. The molecule has 0 aliphatic carbocycles. The SMILES string of the molecule is Cc1ccnc(Nc2ccccc2)c1Cl. The maximum absolute atomic E-state index is 6.12. The highest BCUT2D eigenvalue weighted by atomic mass is 35.5. The van der Waals surface area contributed by atoms with Crippen LogP contribution in [0.15, 0.2) is 42.6 Å². The van der Waals surface area contributed by atoms with Crippen molar-refractivity contribution < 1.29 is 0 Å². The molecular weight excluding hydrogens is 208 g/mol. The summed E-state index contributed by atoms with van der Waals surface area (Å²) < 4.78 is 0. The molecule has 1 aromatic carbocycles. The van der Waals surface area contributed by atoms with Crippen molar-refractivity contribution in [3.05, 3.63) is 53.2 Å². The Morgan fingerprint density at radius 3 is 2.60 bits per heavy atom. The average Bonchev–Trinajstić information content (AvgIpc) is 2.26. The Balaban J connectivity index is 2.29. The summed E-state index contributed by atoms with van der Waals surface area (Å²) in [5.74, 6) is 0.697. The molecule has 0 saturated carbocycles. The fourth-order valence-electron chi connectivity index (χ4n) is 1.29. The topological polar surface area (TPSA) is 24.9 Å². The number of rotatable bonds is 2. The largest absolute Gasteiger partial charge is 0.339 e. The molecular formula is C12H11ClN2. The van der Waals surface area contributed by atoms with Crippen LogP contribution in [0, 0.1) is 6.92 Å². The molecule has 1 aromatic heterocycles. The third-order valence-electron chi connectivity index (χ3n) is 2.12. The first-order chi connectivity index (χ1) is 7.27. The predicted octanol–water partition coefficient (Wildman–Crippen LogP) is 3.79. The summed E-state index contributed by atoms with van der Waals surface area (Å²) in [6.45, 7) is 1.96. The van der Waals surface area contributed by atoms with E-state index < -0.39 is 0 Å². The van der Waals surface area contributed by atoms with E-state index in [0.29, 0.717) is 10.8 Å². The first-order valence-corrected chi connectivity index (χ1v) is 5.08. The number of para-hydroxylation sites is 1. The third-order valence-corrected chi connectivity index (χ3v) is 2.60. The fourth-order valence-corrected chi connectivity index (χ4v) is 1.44. The van der Waals surface area contributed by atoms with Gasteiger partial charge >= 0.3 is 0 Å². The number of hydrogen-bond acceptors (Lipinski definition) is 2. The van der Waals surface area contributed by atoms with Gasteiger partial charge in [0.15, 0.2) is 0 Å². The molecule has 0 fully saturated rings. The molecule has 0 aliphatic rings. The van der Waals surface area contributed by atoms with Crippen LogP contribution in [-0.4, -0.2) is 4.98 Å². The summed E-state index contributed by atoms with van der Waals surface area (Å²) in [6.07, 6.45) is 1.74.